The highest BCUT2D eigenvalue weighted by Crippen LogP contribution is 2.26. The van der Waals surface area contributed by atoms with Crippen LogP contribution in [0.4, 0.5) is 0 Å². The second-order valence-corrected chi connectivity index (χ2v) is 3.40. The van der Waals surface area contributed by atoms with Crippen LogP contribution >= 0.6 is 0 Å². The van der Waals surface area contributed by atoms with Crippen molar-refractivity contribution in [1.29, 1.82) is 0 Å². The van der Waals surface area contributed by atoms with Gasteiger partial charge in [-0.1, -0.05) is 12.2 Å². The van der Waals surface area contributed by atoms with Crippen LogP contribution in [0, 0.1) is 16.0 Å². The van der Waals surface area contributed by atoms with Crippen LogP contribution in [0.1, 0.15) is 32.6 Å². The van der Waals surface area contributed by atoms with E-state index in [1.807, 2.05) is 13.0 Å². The molecule has 3 nitrogen and oxygen atoms in total. The van der Waals surface area contributed by atoms with Crippen molar-refractivity contribution < 1.29 is 4.92 Å². The van der Waals surface area contributed by atoms with Crippen LogP contribution in [0.3, 0.4) is 0 Å². The SMILES string of the molecule is CC=CCC1CCC=C([N+](=O)[O-])C1. The van der Waals surface area contributed by atoms with Crippen molar-refractivity contribution >= 4 is 0 Å². The Bertz CT molecular complexity index is 243. The quantitative estimate of drug-likeness (QED) is 0.381. The molecule has 13 heavy (non-hydrogen) atoms. The molecule has 0 aromatic rings. The molecule has 0 saturated heterocycles. The normalized spacial score (nSPS) is 23.2. The zero-order chi connectivity index (χ0) is 9.68. The topological polar surface area (TPSA) is 43.1 Å². The molecule has 0 radical (unpaired) electrons. The number of nitrogens with zero attached hydrogens (tertiary/aromatic N) is 1. The number of rotatable bonds is 3. The number of nitro groups is 1. The molecule has 0 aromatic heterocycles. The third kappa shape index (κ3) is 3.01. The van der Waals surface area contributed by atoms with Crippen molar-refractivity contribution in [3.63, 3.8) is 0 Å². The monoisotopic (exact) mass is 181 g/mol. The minimum Gasteiger partial charge on any atom is -0.259 e. The van der Waals surface area contributed by atoms with Gasteiger partial charge in [0.05, 0.1) is 4.92 Å². The van der Waals surface area contributed by atoms with Crippen LogP contribution in [0.2, 0.25) is 0 Å². The summed E-state index contributed by atoms with van der Waals surface area (Å²) in [4.78, 5) is 10.2. The molecular weight excluding hydrogens is 166 g/mol. The molecule has 3 heteroatoms. The maximum absolute atomic E-state index is 10.5. The van der Waals surface area contributed by atoms with Crippen molar-refractivity contribution in [2.45, 2.75) is 32.6 Å². The van der Waals surface area contributed by atoms with Crippen LogP contribution in [-0.2, 0) is 0 Å². The van der Waals surface area contributed by atoms with Crippen LogP contribution in [0.15, 0.2) is 23.9 Å². The van der Waals surface area contributed by atoms with Crippen LogP contribution in [0.25, 0.3) is 0 Å². The number of hydrogen-bond acceptors (Lipinski definition) is 2. The van der Waals surface area contributed by atoms with Gasteiger partial charge in [-0.15, -0.1) is 0 Å². The molecular formula is C10H15NO2. The molecule has 1 rings (SSSR count). The van der Waals surface area contributed by atoms with Crippen LogP contribution in [0.5, 0.6) is 0 Å². The maximum atomic E-state index is 10.5. The first-order valence-electron chi connectivity index (χ1n) is 4.68. The fraction of sp³-hybridized carbons (Fsp3) is 0.600. The summed E-state index contributed by atoms with van der Waals surface area (Å²) in [7, 11) is 0. The van der Waals surface area contributed by atoms with Gasteiger partial charge >= 0.3 is 0 Å². The van der Waals surface area contributed by atoms with E-state index in [1.54, 1.807) is 6.08 Å². The van der Waals surface area contributed by atoms with Gasteiger partial charge < -0.3 is 0 Å². The summed E-state index contributed by atoms with van der Waals surface area (Å²) in [6.07, 6.45) is 9.41. The molecule has 0 bridgehead atoms. The first kappa shape index (κ1) is 9.96. The Morgan fingerprint density at radius 3 is 3.15 bits per heavy atom. The fourth-order valence-corrected chi connectivity index (χ4v) is 1.65. The van der Waals surface area contributed by atoms with E-state index in [4.69, 9.17) is 0 Å². The highest BCUT2D eigenvalue weighted by molar-refractivity contribution is 4.99. The van der Waals surface area contributed by atoms with Gasteiger partial charge in [0.15, 0.2) is 0 Å². The van der Waals surface area contributed by atoms with Gasteiger partial charge in [0.1, 0.15) is 0 Å². The molecule has 0 heterocycles. The van der Waals surface area contributed by atoms with E-state index < -0.39 is 0 Å². The van der Waals surface area contributed by atoms with E-state index in [1.165, 1.54) is 0 Å². The number of allylic oxidation sites excluding steroid dienone is 4. The molecule has 0 amide bonds. The Morgan fingerprint density at radius 1 is 1.77 bits per heavy atom. The van der Waals surface area contributed by atoms with Crippen molar-refractivity contribution in [1.82, 2.24) is 0 Å². The predicted octanol–water partition coefficient (Wildman–Crippen LogP) is 2.91. The molecule has 0 N–H and O–H groups in total. The fourth-order valence-electron chi connectivity index (χ4n) is 1.65. The third-order valence-corrected chi connectivity index (χ3v) is 2.39. The standard InChI is InChI=1S/C10H15NO2/c1-2-3-5-9-6-4-7-10(8-9)11(12)13/h2-3,7,9H,4-6,8H2,1H3. The maximum Gasteiger partial charge on any atom is 0.242 e. The molecule has 1 unspecified atom stereocenters. The smallest absolute Gasteiger partial charge is 0.242 e. The molecule has 0 spiro atoms. The average Bonchev–Trinajstić information content (AvgIpc) is 2.15. The molecule has 1 atom stereocenters. The van der Waals surface area contributed by atoms with Crippen molar-refractivity contribution in [3.05, 3.63) is 34.0 Å². The molecule has 0 saturated carbocycles. The van der Waals surface area contributed by atoms with Gasteiger partial charge in [-0.25, -0.2) is 0 Å². The van der Waals surface area contributed by atoms with Gasteiger partial charge in [0.2, 0.25) is 5.70 Å². The summed E-state index contributed by atoms with van der Waals surface area (Å²) in [5.74, 6) is 0.474. The van der Waals surface area contributed by atoms with E-state index in [0.29, 0.717) is 18.0 Å². The Balaban J connectivity index is 2.47. The summed E-state index contributed by atoms with van der Waals surface area (Å²) in [6.45, 7) is 1.98. The Morgan fingerprint density at radius 2 is 2.54 bits per heavy atom. The van der Waals surface area contributed by atoms with Gasteiger partial charge in [-0.3, -0.25) is 10.1 Å². The van der Waals surface area contributed by atoms with Crippen molar-refractivity contribution in [3.8, 4) is 0 Å². The largest absolute Gasteiger partial charge is 0.259 e. The highest BCUT2D eigenvalue weighted by Gasteiger charge is 2.21. The van der Waals surface area contributed by atoms with Gasteiger partial charge in [0, 0.05) is 6.42 Å². The van der Waals surface area contributed by atoms with Crippen molar-refractivity contribution in [2.24, 2.45) is 5.92 Å². The van der Waals surface area contributed by atoms with Gasteiger partial charge in [-0.2, -0.15) is 0 Å². The van der Waals surface area contributed by atoms with Gasteiger partial charge in [-0.05, 0) is 38.2 Å². The van der Waals surface area contributed by atoms with Crippen LogP contribution < -0.4 is 0 Å². The lowest BCUT2D eigenvalue weighted by molar-refractivity contribution is -0.430. The second-order valence-electron chi connectivity index (χ2n) is 3.40. The van der Waals surface area contributed by atoms with E-state index >= 15 is 0 Å². The van der Waals surface area contributed by atoms with E-state index in [2.05, 4.69) is 6.08 Å². The Kier molecular flexibility index (Phi) is 3.68. The first-order chi connectivity index (χ1) is 6.24. The summed E-state index contributed by atoms with van der Waals surface area (Å²) in [5.41, 5.74) is 0.403. The Hall–Kier alpha value is -1.12. The molecule has 0 aliphatic heterocycles. The van der Waals surface area contributed by atoms with Crippen molar-refractivity contribution in [2.75, 3.05) is 0 Å². The molecule has 1 aliphatic rings. The molecule has 1 aliphatic carbocycles. The minimum absolute atomic E-state index is 0.248. The summed E-state index contributed by atoms with van der Waals surface area (Å²) in [6, 6.07) is 0. The lowest BCUT2D eigenvalue weighted by Crippen LogP contribution is -2.11. The summed E-state index contributed by atoms with van der Waals surface area (Å²) < 4.78 is 0. The zero-order valence-corrected chi connectivity index (χ0v) is 7.90. The van der Waals surface area contributed by atoms with Crippen LogP contribution in [-0.4, -0.2) is 4.92 Å². The highest BCUT2D eigenvalue weighted by atomic mass is 16.6. The zero-order valence-electron chi connectivity index (χ0n) is 7.90. The lowest BCUT2D eigenvalue weighted by Gasteiger charge is -2.16. The Labute approximate surface area is 78.3 Å². The molecule has 0 aromatic carbocycles. The minimum atomic E-state index is -0.248. The summed E-state index contributed by atoms with van der Waals surface area (Å²) in [5, 5.41) is 10.5. The predicted molar refractivity (Wildman–Crippen MR) is 51.8 cm³/mol. The third-order valence-electron chi connectivity index (χ3n) is 2.39. The van der Waals surface area contributed by atoms with E-state index in [-0.39, 0.29) is 4.92 Å². The second kappa shape index (κ2) is 4.80. The average molecular weight is 181 g/mol. The van der Waals surface area contributed by atoms with E-state index in [0.717, 1.165) is 19.3 Å². The first-order valence-corrected chi connectivity index (χ1v) is 4.68. The molecule has 72 valence electrons. The number of hydrogen-bond donors (Lipinski definition) is 0. The summed E-state index contributed by atoms with van der Waals surface area (Å²) >= 11 is 0. The van der Waals surface area contributed by atoms with Gasteiger partial charge in [0.25, 0.3) is 0 Å². The van der Waals surface area contributed by atoms with E-state index in [9.17, 15) is 10.1 Å². The lowest BCUT2D eigenvalue weighted by atomic mass is 9.89. The molecule has 0 fully saturated rings.